The molecular weight excluding hydrogens is 320 g/mol. The van der Waals surface area contributed by atoms with E-state index < -0.39 is 26.5 Å². The Morgan fingerprint density at radius 2 is 2.32 bits per heavy atom. The molecule has 4 N–H and O–H groups in total. The van der Waals surface area contributed by atoms with Crippen molar-refractivity contribution in [3.05, 3.63) is 12.7 Å². The quantitative estimate of drug-likeness (QED) is 0.680. The van der Waals surface area contributed by atoms with E-state index in [9.17, 15) is 8.96 Å². The summed E-state index contributed by atoms with van der Waals surface area (Å²) in [4.78, 5) is 29.2. The molecule has 2 aromatic heterocycles. The molecular formula is C10H13FN5O5P. The van der Waals surface area contributed by atoms with Crippen molar-refractivity contribution in [1.29, 1.82) is 0 Å². The van der Waals surface area contributed by atoms with Crippen LogP contribution >= 0.6 is 7.82 Å². The minimum Gasteiger partial charge on any atom is -0.382 e. The molecule has 3 rings (SSSR count). The Balaban J connectivity index is 1.79. The largest absolute Gasteiger partial charge is 0.469 e. The van der Waals surface area contributed by atoms with E-state index in [0.29, 0.717) is 11.2 Å². The highest BCUT2D eigenvalue weighted by atomic mass is 31.2. The number of hydrogen-bond acceptors (Lipinski definition) is 7. The van der Waals surface area contributed by atoms with Gasteiger partial charge in [0.1, 0.15) is 24.7 Å². The van der Waals surface area contributed by atoms with Crippen molar-refractivity contribution in [1.82, 2.24) is 19.5 Å². The number of nitrogens with two attached hydrogens (primary N) is 1. The number of aromatic nitrogens is 4. The van der Waals surface area contributed by atoms with E-state index in [2.05, 4.69) is 19.5 Å². The molecule has 0 aromatic carbocycles. The third kappa shape index (κ3) is 2.94. The van der Waals surface area contributed by atoms with Gasteiger partial charge in [-0.05, 0) is 6.42 Å². The van der Waals surface area contributed by atoms with E-state index >= 15 is 0 Å². The molecule has 1 saturated heterocycles. The van der Waals surface area contributed by atoms with Gasteiger partial charge in [0.15, 0.2) is 11.5 Å². The summed E-state index contributed by atoms with van der Waals surface area (Å²) in [5.41, 5.74) is 6.42. The molecule has 0 unspecified atom stereocenters. The fourth-order valence-corrected chi connectivity index (χ4v) is 2.62. The average molecular weight is 333 g/mol. The maximum Gasteiger partial charge on any atom is 0.469 e. The second-order valence-electron chi connectivity index (χ2n) is 4.84. The number of rotatable bonds is 4. The van der Waals surface area contributed by atoms with Crippen LogP contribution in [0, 0.1) is 0 Å². The molecule has 0 amide bonds. The number of phosphoric acid groups is 1. The van der Waals surface area contributed by atoms with E-state index in [1.807, 2.05) is 0 Å². The van der Waals surface area contributed by atoms with Crippen molar-refractivity contribution in [2.24, 2.45) is 0 Å². The van der Waals surface area contributed by atoms with Gasteiger partial charge < -0.3 is 20.3 Å². The van der Waals surface area contributed by atoms with Crippen molar-refractivity contribution in [2.45, 2.75) is 24.9 Å². The van der Waals surface area contributed by atoms with Crippen LogP contribution in [0.15, 0.2) is 12.7 Å². The summed E-state index contributed by atoms with van der Waals surface area (Å²) in [6.45, 7) is -0.864. The van der Waals surface area contributed by atoms with Crippen LogP contribution in [0.3, 0.4) is 0 Å². The third-order valence-electron chi connectivity index (χ3n) is 3.26. The second-order valence-corrected chi connectivity index (χ2v) is 6.08. The molecule has 1 aliphatic heterocycles. The van der Waals surface area contributed by atoms with Crippen LogP contribution < -0.4 is 5.73 Å². The molecule has 120 valence electrons. The predicted octanol–water partition coefficient (Wildman–Crippen LogP) is 0.493. The standard InChI is InChI=1S/C10H13FN5O5P/c11-10(3-20-22(17,18)19)2-1-6(21-10)16-5-15-7-8(12)13-4-14-9(7)16/h4-6H,1-3H2,(H2,12,13,14)(H2,17,18,19)/t6-,10+/m1/s1. The van der Waals surface area contributed by atoms with Gasteiger partial charge in [-0.25, -0.2) is 23.9 Å². The molecule has 1 fully saturated rings. The van der Waals surface area contributed by atoms with Crippen LogP contribution in [0.4, 0.5) is 10.2 Å². The molecule has 0 saturated carbocycles. The smallest absolute Gasteiger partial charge is 0.382 e. The number of fused-ring (bicyclic) bond motifs is 1. The monoisotopic (exact) mass is 333 g/mol. The minimum absolute atomic E-state index is 0.0854. The first-order valence-electron chi connectivity index (χ1n) is 6.27. The van der Waals surface area contributed by atoms with E-state index in [0.717, 1.165) is 0 Å². The second kappa shape index (κ2) is 5.21. The van der Waals surface area contributed by atoms with Gasteiger partial charge in [0, 0.05) is 6.42 Å². The van der Waals surface area contributed by atoms with Crippen LogP contribution in [-0.2, 0) is 13.8 Å². The fourth-order valence-electron chi connectivity index (χ4n) is 2.26. The zero-order valence-electron chi connectivity index (χ0n) is 11.2. The molecule has 22 heavy (non-hydrogen) atoms. The maximum atomic E-state index is 14.4. The van der Waals surface area contributed by atoms with E-state index in [-0.39, 0.29) is 18.7 Å². The van der Waals surface area contributed by atoms with Crippen molar-refractivity contribution >= 4 is 24.8 Å². The van der Waals surface area contributed by atoms with Crippen LogP contribution in [-0.4, -0.2) is 41.8 Å². The summed E-state index contributed by atoms with van der Waals surface area (Å²) < 4.78 is 35.9. The maximum absolute atomic E-state index is 14.4. The summed E-state index contributed by atoms with van der Waals surface area (Å²) in [7, 11) is -4.76. The highest BCUT2D eigenvalue weighted by Gasteiger charge is 2.43. The molecule has 1 aliphatic rings. The lowest BCUT2D eigenvalue weighted by Crippen LogP contribution is -2.28. The van der Waals surface area contributed by atoms with Crippen molar-refractivity contribution in [3.8, 4) is 0 Å². The van der Waals surface area contributed by atoms with Crippen molar-refractivity contribution < 1.29 is 28.0 Å². The number of alkyl halides is 1. The highest BCUT2D eigenvalue weighted by Crippen LogP contribution is 2.43. The topological polar surface area (TPSA) is 146 Å². The lowest BCUT2D eigenvalue weighted by Gasteiger charge is -2.21. The Kier molecular flexibility index (Phi) is 3.62. The minimum atomic E-state index is -4.76. The molecule has 0 spiro atoms. The Labute approximate surface area is 123 Å². The van der Waals surface area contributed by atoms with Gasteiger partial charge >= 0.3 is 7.82 Å². The van der Waals surface area contributed by atoms with Gasteiger partial charge in [0.05, 0.1) is 6.33 Å². The number of imidazole rings is 1. The first kappa shape index (κ1) is 15.3. The fraction of sp³-hybridized carbons (Fsp3) is 0.500. The van der Waals surface area contributed by atoms with Gasteiger partial charge in [-0.1, -0.05) is 0 Å². The Hall–Kier alpha value is -1.65. The average Bonchev–Trinajstić information content (AvgIpc) is 3.01. The van der Waals surface area contributed by atoms with Crippen LogP contribution in [0.2, 0.25) is 0 Å². The van der Waals surface area contributed by atoms with Crippen LogP contribution in [0.5, 0.6) is 0 Å². The molecule has 12 heteroatoms. The van der Waals surface area contributed by atoms with Crippen molar-refractivity contribution in [2.75, 3.05) is 12.3 Å². The Bertz CT molecular complexity index is 750. The molecule has 0 radical (unpaired) electrons. The summed E-state index contributed by atoms with van der Waals surface area (Å²) >= 11 is 0. The first-order chi connectivity index (χ1) is 10.3. The summed E-state index contributed by atoms with van der Waals surface area (Å²) in [6, 6.07) is 0. The first-order valence-corrected chi connectivity index (χ1v) is 7.80. The number of hydrogen-bond donors (Lipinski definition) is 3. The zero-order valence-corrected chi connectivity index (χ0v) is 12.1. The number of anilines is 1. The van der Waals surface area contributed by atoms with Crippen LogP contribution in [0.25, 0.3) is 11.2 Å². The number of phosphoric ester groups is 1. The van der Waals surface area contributed by atoms with Gasteiger partial charge in [-0.3, -0.25) is 9.09 Å². The van der Waals surface area contributed by atoms with Gasteiger partial charge in [0.2, 0.25) is 5.85 Å². The molecule has 2 aromatic rings. The van der Waals surface area contributed by atoms with E-state index in [4.69, 9.17) is 20.3 Å². The Morgan fingerprint density at radius 1 is 1.55 bits per heavy atom. The van der Waals surface area contributed by atoms with Crippen molar-refractivity contribution in [3.63, 3.8) is 0 Å². The number of nitrogen functional groups attached to an aromatic ring is 1. The summed E-state index contributed by atoms with van der Waals surface area (Å²) in [5, 5.41) is 0. The normalized spacial score (nSPS) is 25.9. The molecule has 0 aliphatic carbocycles. The molecule has 3 heterocycles. The molecule has 2 atom stereocenters. The van der Waals surface area contributed by atoms with E-state index in [1.165, 1.54) is 17.2 Å². The SMILES string of the molecule is Nc1ncnc2c1ncn2[C@H]1CC[C@@](F)(COP(=O)(O)O)O1. The number of ether oxygens (including phenoxy) is 1. The van der Waals surface area contributed by atoms with Gasteiger partial charge in [0.25, 0.3) is 0 Å². The predicted molar refractivity (Wildman–Crippen MR) is 70.9 cm³/mol. The number of halogens is 1. The number of nitrogens with zero attached hydrogens (tertiary/aromatic N) is 4. The summed E-state index contributed by atoms with van der Waals surface area (Å²) in [6.07, 6.45) is 2.10. The Morgan fingerprint density at radius 3 is 3.05 bits per heavy atom. The zero-order chi connectivity index (χ0) is 16.0. The molecule has 0 bridgehead atoms. The van der Waals surface area contributed by atoms with Gasteiger partial charge in [-0.15, -0.1) is 0 Å². The molecule has 10 nitrogen and oxygen atoms in total. The highest BCUT2D eigenvalue weighted by molar-refractivity contribution is 7.46. The summed E-state index contributed by atoms with van der Waals surface area (Å²) in [5.74, 6) is -2.10. The lowest BCUT2D eigenvalue weighted by molar-refractivity contribution is -0.173. The van der Waals surface area contributed by atoms with Crippen LogP contribution in [0.1, 0.15) is 19.1 Å². The lowest BCUT2D eigenvalue weighted by atomic mass is 10.2. The third-order valence-corrected chi connectivity index (χ3v) is 3.72. The van der Waals surface area contributed by atoms with Gasteiger partial charge in [-0.2, -0.15) is 0 Å². The van der Waals surface area contributed by atoms with E-state index in [1.54, 1.807) is 0 Å².